The maximum atomic E-state index is 9.82. The van der Waals surface area contributed by atoms with Gasteiger partial charge in [0.25, 0.3) is 0 Å². The molecule has 0 aliphatic carbocycles. The summed E-state index contributed by atoms with van der Waals surface area (Å²) in [6, 6.07) is 56.9. The number of hydrogen-bond donors (Lipinski definition) is 0. The second-order valence-electron chi connectivity index (χ2n) is 15.4. The van der Waals surface area contributed by atoms with Crippen LogP contribution < -0.4 is 4.90 Å². The van der Waals surface area contributed by atoms with Crippen molar-refractivity contribution in [3.63, 3.8) is 0 Å². The molecule has 0 N–H and O–H groups in total. The van der Waals surface area contributed by atoms with Crippen molar-refractivity contribution in [3.05, 3.63) is 236 Å². The van der Waals surface area contributed by atoms with Gasteiger partial charge in [0, 0.05) is 38.7 Å². The third-order valence-corrected chi connectivity index (χ3v) is 11.8. The molecule has 0 saturated heterocycles. The molecule has 0 saturated carbocycles. The highest BCUT2D eigenvalue weighted by atomic mass is 16.3. The van der Waals surface area contributed by atoms with E-state index in [4.69, 9.17) is 4.42 Å². The summed E-state index contributed by atoms with van der Waals surface area (Å²) in [4.78, 5) is 1.38. The average Bonchev–Trinajstić information content (AvgIpc) is 3.79. The normalized spacial score (nSPS) is 13.4. The first kappa shape index (κ1) is 28.3. The number of nitrogens with zero attached hydrogens (tertiary/aromatic N) is 1. The second kappa shape index (κ2) is 14.8. The van der Waals surface area contributed by atoms with Crippen molar-refractivity contribution < 1.29 is 15.4 Å². The van der Waals surface area contributed by atoms with Gasteiger partial charge in [-0.2, -0.15) is 0 Å². The molecule has 0 amide bonds. The van der Waals surface area contributed by atoms with Gasteiger partial charge in [-0.05, 0) is 96.6 Å². The minimum Gasteiger partial charge on any atom is -0.455 e. The first-order chi connectivity index (χ1) is 34.1. The molecule has 12 rings (SSSR count). The Bertz CT molecular complexity index is 4060. The van der Waals surface area contributed by atoms with E-state index in [1.54, 1.807) is 30.3 Å². The second-order valence-corrected chi connectivity index (χ2v) is 15.4. The Morgan fingerprint density at radius 1 is 0.290 bits per heavy atom. The van der Waals surface area contributed by atoms with Crippen LogP contribution >= 0.6 is 0 Å². The molecule has 0 aliphatic rings. The Hall–Kier alpha value is -8.20. The zero-order chi connectivity index (χ0) is 47.9. The smallest absolute Gasteiger partial charge is 0.143 e. The van der Waals surface area contributed by atoms with Crippen LogP contribution in [0.4, 0.5) is 17.1 Å². The Balaban J connectivity index is 1.10. The van der Waals surface area contributed by atoms with Gasteiger partial charge in [-0.25, -0.2) is 0 Å². The number of benzene rings is 11. The van der Waals surface area contributed by atoms with E-state index in [0.29, 0.717) is 39.1 Å². The van der Waals surface area contributed by atoms with Gasteiger partial charge in [-0.3, -0.25) is 0 Å². The van der Waals surface area contributed by atoms with E-state index in [2.05, 4.69) is 24.3 Å². The van der Waals surface area contributed by atoms with Crippen LogP contribution in [0.25, 0.3) is 98.8 Å². The molecule has 290 valence electrons. The zero-order valence-corrected chi connectivity index (χ0v) is 33.3. The van der Waals surface area contributed by atoms with Crippen molar-refractivity contribution in [2.24, 2.45) is 0 Å². The highest BCUT2D eigenvalue weighted by Gasteiger charge is 2.21. The quantitative estimate of drug-likeness (QED) is 0.160. The largest absolute Gasteiger partial charge is 0.455 e. The van der Waals surface area contributed by atoms with Crippen molar-refractivity contribution >= 4 is 71.3 Å². The van der Waals surface area contributed by atoms with Crippen LogP contribution in [0.3, 0.4) is 0 Å². The van der Waals surface area contributed by atoms with Gasteiger partial charge in [0.05, 0.1) is 16.7 Å². The maximum absolute atomic E-state index is 9.82. The van der Waals surface area contributed by atoms with Crippen molar-refractivity contribution in [1.29, 1.82) is 0 Å². The number of rotatable bonds is 7. The van der Waals surface area contributed by atoms with E-state index < -0.39 is 24.2 Å². The first-order valence-electron chi connectivity index (χ1n) is 24.6. The number of furan rings is 1. The lowest BCUT2D eigenvalue weighted by Crippen LogP contribution is -2.11. The topological polar surface area (TPSA) is 16.4 Å². The van der Waals surface area contributed by atoms with Crippen LogP contribution in [0.2, 0.25) is 0 Å². The van der Waals surface area contributed by atoms with Crippen LogP contribution in [-0.4, -0.2) is 0 Å². The third kappa shape index (κ3) is 6.04. The highest BCUT2D eigenvalue weighted by Crippen LogP contribution is 2.46. The van der Waals surface area contributed by atoms with Gasteiger partial charge < -0.3 is 9.32 Å². The predicted octanol–water partition coefficient (Wildman–Crippen LogP) is 17.2. The van der Waals surface area contributed by atoms with Gasteiger partial charge >= 0.3 is 0 Å². The summed E-state index contributed by atoms with van der Waals surface area (Å²) in [5.41, 5.74) is 5.42. The molecule has 0 spiro atoms. The lowest BCUT2D eigenvalue weighted by Gasteiger charge is -2.28. The summed E-state index contributed by atoms with van der Waals surface area (Å²) in [7, 11) is 0. The van der Waals surface area contributed by atoms with Gasteiger partial charge in [0.2, 0.25) is 0 Å². The lowest BCUT2D eigenvalue weighted by molar-refractivity contribution is 0.674. The van der Waals surface area contributed by atoms with Crippen molar-refractivity contribution in [2.75, 3.05) is 4.90 Å². The number of anilines is 3. The Labute approximate surface area is 371 Å². The Morgan fingerprint density at radius 2 is 0.742 bits per heavy atom. The highest BCUT2D eigenvalue weighted by molar-refractivity contribution is 6.17. The minimum absolute atomic E-state index is 0.0848. The molecule has 12 aromatic rings. The maximum Gasteiger partial charge on any atom is 0.143 e. The molecular formula is C60H39NO. The summed E-state index contributed by atoms with van der Waals surface area (Å²) < 4.78 is 84.6. The van der Waals surface area contributed by atoms with Crippen LogP contribution in [-0.2, 0) is 0 Å². The molecule has 11 aromatic carbocycles. The number of hydrogen-bond acceptors (Lipinski definition) is 2. The van der Waals surface area contributed by atoms with Crippen molar-refractivity contribution in [2.45, 2.75) is 0 Å². The lowest BCUT2D eigenvalue weighted by atomic mass is 9.96. The number of para-hydroxylation sites is 2. The van der Waals surface area contributed by atoms with E-state index in [0.717, 1.165) is 54.2 Å². The van der Waals surface area contributed by atoms with Crippen molar-refractivity contribution in [1.82, 2.24) is 0 Å². The zero-order valence-electron chi connectivity index (χ0n) is 41.3. The van der Waals surface area contributed by atoms with E-state index in [1.165, 1.54) is 4.90 Å². The molecule has 0 radical (unpaired) electrons. The minimum atomic E-state index is -0.424. The van der Waals surface area contributed by atoms with Gasteiger partial charge in [-0.1, -0.05) is 200 Å². The molecule has 2 heteroatoms. The average molecular weight is 798 g/mol. The SMILES string of the molecule is [2H]c1c([2H])c(N(c2ccccc2-c2cccc3c2oc2c4ccccc4ccc32)c2c([2H])c([2H])c(-c3cccc4ccccc34)c([2H])c2[2H])c([2H])c([2H])c1-c1ccc(-c2cccc3ccccc23)cc1. The summed E-state index contributed by atoms with van der Waals surface area (Å²) in [6.45, 7) is 0. The fourth-order valence-electron chi connectivity index (χ4n) is 8.84. The molecule has 0 atom stereocenters. The molecule has 1 heterocycles. The standard InChI is InChI=1S/C60H39NO/c1-4-17-49-42(12-1)15-9-21-51(49)45-28-26-40(27-29-45)41-30-35-47(36-31-41)61(48-37-32-46(33-38-48)52-22-10-16-43-13-2-5-18-50(43)52)58-25-8-7-20-54(58)55-23-11-24-56-57-39-34-44-14-3-6-19-53(44)59(57)62-60(55)56/h1-39H/i30D,31D,32D,33D,35D,36D,37D,38D. The van der Waals surface area contributed by atoms with E-state index in [-0.39, 0.29) is 46.7 Å². The summed E-state index contributed by atoms with van der Waals surface area (Å²) in [5.74, 6) is 0. The molecule has 62 heavy (non-hydrogen) atoms. The van der Waals surface area contributed by atoms with Crippen LogP contribution in [0.15, 0.2) is 241 Å². The van der Waals surface area contributed by atoms with E-state index >= 15 is 0 Å². The summed E-state index contributed by atoms with van der Waals surface area (Å²) in [5, 5.41) is 7.53. The van der Waals surface area contributed by atoms with Crippen LogP contribution in [0, 0.1) is 0 Å². The van der Waals surface area contributed by atoms with Crippen molar-refractivity contribution in [3.8, 4) is 44.5 Å². The predicted molar refractivity (Wildman–Crippen MR) is 263 cm³/mol. The van der Waals surface area contributed by atoms with E-state index in [1.807, 2.05) is 133 Å². The summed E-state index contributed by atoms with van der Waals surface area (Å²) >= 11 is 0. The molecule has 0 bridgehead atoms. The molecule has 0 fully saturated rings. The van der Waals surface area contributed by atoms with Gasteiger partial charge in [-0.15, -0.1) is 0 Å². The molecule has 1 aromatic heterocycles. The van der Waals surface area contributed by atoms with Gasteiger partial charge in [0.15, 0.2) is 0 Å². The third-order valence-electron chi connectivity index (χ3n) is 11.8. The Kier molecular flexibility index (Phi) is 6.76. The first-order valence-corrected chi connectivity index (χ1v) is 20.6. The molecule has 0 aliphatic heterocycles. The number of fused-ring (bicyclic) bond motifs is 7. The summed E-state index contributed by atoms with van der Waals surface area (Å²) in [6.07, 6.45) is 0. The molecular weight excluding hydrogens is 751 g/mol. The van der Waals surface area contributed by atoms with E-state index in [9.17, 15) is 11.0 Å². The van der Waals surface area contributed by atoms with Crippen LogP contribution in [0.1, 0.15) is 11.0 Å². The fraction of sp³-hybridized carbons (Fsp3) is 0. The van der Waals surface area contributed by atoms with Crippen LogP contribution in [0.5, 0.6) is 0 Å². The molecule has 0 unspecified atom stereocenters. The fourth-order valence-corrected chi connectivity index (χ4v) is 8.84. The Morgan fingerprint density at radius 3 is 1.42 bits per heavy atom. The molecule has 2 nitrogen and oxygen atoms in total. The van der Waals surface area contributed by atoms with Gasteiger partial charge in [0.1, 0.15) is 11.2 Å². The monoisotopic (exact) mass is 797 g/mol.